The zero-order valence-electron chi connectivity index (χ0n) is 9.52. The van der Waals surface area contributed by atoms with E-state index in [0.717, 1.165) is 12.3 Å². The lowest BCUT2D eigenvalue weighted by molar-refractivity contribution is 0.0949. The number of carbonyl (C=O) groups excluding carboxylic acids is 1. The van der Waals surface area contributed by atoms with Gasteiger partial charge < -0.3 is 5.32 Å². The van der Waals surface area contributed by atoms with Crippen LogP contribution in [0.15, 0.2) is 24.5 Å². The van der Waals surface area contributed by atoms with Crippen molar-refractivity contribution in [2.75, 3.05) is 0 Å². The third-order valence-corrected chi connectivity index (χ3v) is 2.55. The lowest BCUT2D eigenvalue weighted by Crippen LogP contribution is -2.23. The average Bonchev–Trinajstić information content (AvgIpc) is 2.75. The molecule has 2 aromatic rings. The van der Waals surface area contributed by atoms with Gasteiger partial charge in [-0.05, 0) is 12.1 Å². The van der Waals surface area contributed by atoms with E-state index in [1.54, 1.807) is 24.0 Å². The van der Waals surface area contributed by atoms with Crippen molar-refractivity contribution in [2.24, 2.45) is 7.05 Å². The summed E-state index contributed by atoms with van der Waals surface area (Å²) in [7, 11) is 1.78. The Balaban J connectivity index is 2.05. The van der Waals surface area contributed by atoms with Crippen molar-refractivity contribution < 1.29 is 9.18 Å². The Morgan fingerprint density at radius 1 is 1.61 bits per heavy atom. The third-order valence-electron chi connectivity index (χ3n) is 2.25. The molecule has 0 saturated heterocycles. The van der Waals surface area contributed by atoms with Crippen LogP contribution >= 0.6 is 11.6 Å². The highest BCUT2D eigenvalue weighted by Gasteiger charge is 2.12. The molecule has 2 aromatic heterocycles. The topological polar surface area (TPSA) is 59.8 Å². The van der Waals surface area contributed by atoms with E-state index in [0.29, 0.717) is 5.69 Å². The summed E-state index contributed by atoms with van der Waals surface area (Å²) in [6.45, 7) is 0.243. The summed E-state index contributed by atoms with van der Waals surface area (Å²) in [5, 5.41) is 6.65. The molecule has 0 aliphatic rings. The molecule has 1 amide bonds. The van der Waals surface area contributed by atoms with Gasteiger partial charge in [-0.3, -0.25) is 9.48 Å². The number of halogens is 2. The zero-order chi connectivity index (χ0) is 13.1. The van der Waals surface area contributed by atoms with Crippen LogP contribution in [0.3, 0.4) is 0 Å². The lowest BCUT2D eigenvalue weighted by atomic mass is 10.2. The Labute approximate surface area is 108 Å². The minimum atomic E-state index is -0.609. The highest BCUT2D eigenvalue weighted by Crippen LogP contribution is 2.13. The molecule has 0 aromatic carbocycles. The Hall–Kier alpha value is -1.95. The van der Waals surface area contributed by atoms with E-state index in [9.17, 15) is 9.18 Å². The number of rotatable bonds is 3. The predicted octanol–water partition coefficient (Wildman–Crippen LogP) is 1.54. The smallest absolute Gasteiger partial charge is 0.254 e. The van der Waals surface area contributed by atoms with Crippen molar-refractivity contribution in [3.8, 4) is 0 Å². The van der Waals surface area contributed by atoms with Crippen molar-refractivity contribution in [1.82, 2.24) is 20.1 Å². The zero-order valence-corrected chi connectivity index (χ0v) is 10.3. The van der Waals surface area contributed by atoms with Gasteiger partial charge in [0.15, 0.2) is 0 Å². The molecule has 18 heavy (non-hydrogen) atoms. The maximum absolute atomic E-state index is 13.0. The van der Waals surface area contributed by atoms with Crippen molar-refractivity contribution in [3.05, 3.63) is 46.8 Å². The van der Waals surface area contributed by atoms with E-state index in [-0.39, 0.29) is 17.3 Å². The van der Waals surface area contributed by atoms with Gasteiger partial charge in [0, 0.05) is 13.2 Å². The molecule has 0 bridgehead atoms. The second-order valence-corrected chi connectivity index (χ2v) is 4.01. The summed E-state index contributed by atoms with van der Waals surface area (Å²) in [5.41, 5.74) is 0.707. The first-order valence-electron chi connectivity index (χ1n) is 5.14. The number of carbonyl (C=O) groups is 1. The van der Waals surface area contributed by atoms with Crippen LogP contribution < -0.4 is 5.32 Å². The van der Waals surface area contributed by atoms with Crippen LogP contribution in [0.5, 0.6) is 0 Å². The highest BCUT2D eigenvalue weighted by molar-refractivity contribution is 6.32. The van der Waals surface area contributed by atoms with E-state index in [4.69, 9.17) is 11.6 Å². The van der Waals surface area contributed by atoms with Gasteiger partial charge in [0.25, 0.3) is 5.91 Å². The number of aryl methyl sites for hydroxylation is 1. The molecule has 1 N–H and O–H groups in total. The summed E-state index contributed by atoms with van der Waals surface area (Å²) in [6, 6.07) is 2.81. The van der Waals surface area contributed by atoms with Crippen LogP contribution in [-0.4, -0.2) is 20.7 Å². The molecule has 2 heterocycles. The van der Waals surface area contributed by atoms with Gasteiger partial charge >= 0.3 is 0 Å². The van der Waals surface area contributed by atoms with Gasteiger partial charge in [0.2, 0.25) is 0 Å². The molecule has 0 aliphatic carbocycles. The number of hydrogen-bond acceptors (Lipinski definition) is 3. The summed E-state index contributed by atoms with van der Waals surface area (Å²) < 4.78 is 14.6. The maximum atomic E-state index is 13.0. The van der Waals surface area contributed by atoms with E-state index < -0.39 is 11.7 Å². The molecule has 2 rings (SSSR count). The SMILES string of the molecule is Cn1ccc(CNC(=O)c2cc(F)cnc2Cl)n1. The van der Waals surface area contributed by atoms with E-state index >= 15 is 0 Å². The van der Waals surface area contributed by atoms with Gasteiger partial charge in [-0.15, -0.1) is 0 Å². The second-order valence-electron chi connectivity index (χ2n) is 3.66. The number of nitrogens with one attached hydrogen (secondary N) is 1. The Morgan fingerprint density at radius 2 is 2.39 bits per heavy atom. The van der Waals surface area contributed by atoms with Gasteiger partial charge in [-0.25, -0.2) is 9.37 Å². The van der Waals surface area contributed by atoms with Gasteiger partial charge in [0.05, 0.1) is 24.0 Å². The molecule has 0 aliphatic heterocycles. The molecule has 5 nitrogen and oxygen atoms in total. The number of amides is 1. The lowest BCUT2D eigenvalue weighted by Gasteiger charge is -2.04. The van der Waals surface area contributed by atoms with Crippen molar-refractivity contribution in [1.29, 1.82) is 0 Å². The van der Waals surface area contributed by atoms with Crippen molar-refractivity contribution in [2.45, 2.75) is 6.54 Å². The maximum Gasteiger partial charge on any atom is 0.254 e. The van der Waals surface area contributed by atoms with E-state index in [2.05, 4.69) is 15.4 Å². The van der Waals surface area contributed by atoms with Crippen LogP contribution in [-0.2, 0) is 13.6 Å². The van der Waals surface area contributed by atoms with E-state index in [1.807, 2.05) is 0 Å². The summed E-state index contributed by atoms with van der Waals surface area (Å²) >= 11 is 5.72. The Morgan fingerprint density at radius 3 is 3.06 bits per heavy atom. The summed E-state index contributed by atoms with van der Waals surface area (Å²) in [4.78, 5) is 15.3. The summed E-state index contributed by atoms with van der Waals surface area (Å²) in [5.74, 6) is -1.10. The quantitative estimate of drug-likeness (QED) is 0.859. The molecule has 0 spiro atoms. The fraction of sp³-hybridized carbons (Fsp3) is 0.182. The van der Waals surface area contributed by atoms with Crippen LogP contribution in [0.4, 0.5) is 4.39 Å². The third kappa shape index (κ3) is 2.84. The average molecular weight is 269 g/mol. The minimum absolute atomic E-state index is 0.00703. The first kappa shape index (κ1) is 12.5. The molecule has 0 atom stereocenters. The number of aromatic nitrogens is 3. The van der Waals surface area contributed by atoms with Crippen LogP contribution in [0.25, 0.3) is 0 Å². The first-order chi connectivity index (χ1) is 8.56. The molecular formula is C11H10ClFN4O. The minimum Gasteiger partial charge on any atom is -0.346 e. The number of pyridine rings is 1. The first-order valence-corrected chi connectivity index (χ1v) is 5.52. The standard InChI is InChI=1S/C11H10ClFN4O/c1-17-3-2-8(16-17)6-15-11(18)9-4-7(13)5-14-10(9)12/h2-5H,6H2,1H3,(H,15,18). The monoisotopic (exact) mass is 268 g/mol. The van der Waals surface area contributed by atoms with Gasteiger partial charge in [-0.2, -0.15) is 5.10 Å². The fourth-order valence-corrected chi connectivity index (χ4v) is 1.59. The largest absolute Gasteiger partial charge is 0.346 e. The fourth-order valence-electron chi connectivity index (χ4n) is 1.41. The van der Waals surface area contributed by atoms with Crippen LogP contribution in [0, 0.1) is 5.82 Å². The molecular weight excluding hydrogens is 259 g/mol. The van der Waals surface area contributed by atoms with Crippen molar-refractivity contribution >= 4 is 17.5 Å². The molecule has 7 heteroatoms. The second kappa shape index (κ2) is 5.14. The Kier molecular flexibility index (Phi) is 3.57. The van der Waals surface area contributed by atoms with E-state index in [1.165, 1.54) is 0 Å². The molecule has 0 saturated carbocycles. The number of nitrogens with zero attached hydrogens (tertiary/aromatic N) is 3. The van der Waals surface area contributed by atoms with Crippen LogP contribution in [0.2, 0.25) is 5.15 Å². The Bertz CT molecular complexity index is 584. The number of hydrogen-bond donors (Lipinski definition) is 1. The summed E-state index contributed by atoms with van der Waals surface area (Å²) in [6.07, 6.45) is 2.72. The van der Waals surface area contributed by atoms with Gasteiger partial charge in [-0.1, -0.05) is 11.6 Å². The molecule has 0 radical (unpaired) electrons. The van der Waals surface area contributed by atoms with Gasteiger partial charge in [0.1, 0.15) is 11.0 Å². The van der Waals surface area contributed by atoms with Crippen LogP contribution in [0.1, 0.15) is 16.1 Å². The predicted molar refractivity (Wildman–Crippen MR) is 63.6 cm³/mol. The molecule has 0 unspecified atom stereocenters. The normalized spacial score (nSPS) is 10.4. The molecule has 0 fully saturated rings. The van der Waals surface area contributed by atoms with Crippen molar-refractivity contribution in [3.63, 3.8) is 0 Å². The molecule has 94 valence electrons. The highest BCUT2D eigenvalue weighted by atomic mass is 35.5.